The van der Waals surface area contributed by atoms with Crippen LogP contribution in [0.5, 0.6) is 5.75 Å². The molecule has 1 fully saturated rings. The van der Waals surface area contributed by atoms with Gasteiger partial charge in [-0.25, -0.2) is 9.78 Å². The Balaban J connectivity index is 1.47. The van der Waals surface area contributed by atoms with Crippen molar-refractivity contribution in [3.05, 3.63) is 52.0 Å². The van der Waals surface area contributed by atoms with Crippen LogP contribution < -0.4 is 4.74 Å². The van der Waals surface area contributed by atoms with E-state index in [1.54, 1.807) is 17.4 Å². The summed E-state index contributed by atoms with van der Waals surface area (Å²) in [4.78, 5) is 16.2. The molecule has 0 amide bonds. The van der Waals surface area contributed by atoms with Crippen LogP contribution in [-0.4, -0.2) is 30.3 Å². The monoisotopic (exact) mass is 373 g/mol. The number of carbonyl (C=O) groups is 1. The Labute approximate surface area is 157 Å². The zero-order chi connectivity index (χ0) is 18.2. The molecular weight excluding hydrogens is 350 g/mol. The summed E-state index contributed by atoms with van der Waals surface area (Å²) in [7, 11) is 0. The van der Waals surface area contributed by atoms with Gasteiger partial charge in [0, 0.05) is 18.1 Å². The quantitative estimate of drug-likeness (QED) is 0.539. The number of esters is 1. The largest absolute Gasteiger partial charge is 0.487 e. The molecule has 1 aromatic heterocycles. The predicted octanol–water partition coefficient (Wildman–Crippen LogP) is 4.16. The normalized spacial score (nSPS) is 17.3. The van der Waals surface area contributed by atoms with Crippen LogP contribution in [0.15, 0.2) is 35.7 Å². The number of hydrogen-bond donors (Lipinski definition) is 0. The number of ether oxygens (including phenoxy) is 3. The SMILES string of the molecule is Cc1nc(COc2cccc(/C=C/C(=O)OCC3CCCCO3)c2)cs1. The van der Waals surface area contributed by atoms with Crippen LogP contribution >= 0.6 is 11.3 Å². The Bertz CT molecular complexity index is 750. The molecule has 26 heavy (non-hydrogen) atoms. The summed E-state index contributed by atoms with van der Waals surface area (Å²) in [5.74, 6) is 0.380. The van der Waals surface area contributed by atoms with Crippen LogP contribution in [0, 0.1) is 6.92 Å². The minimum absolute atomic E-state index is 0.0344. The molecule has 0 radical (unpaired) electrons. The third-order valence-corrected chi connectivity index (χ3v) is 4.83. The van der Waals surface area contributed by atoms with Crippen molar-refractivity contribution in [2.24, 2.45) is 0 Å². The highest BCUT2D eigenvalue weighted by atomic mass is 32.1. The van der Waals surface area contributed by atoms with Crippen LogP contribution in [0.2, 0.25) is 0 Å². The second-order valence-corrected chi connectivity index (χ2v) is 7.23. The van der Waals surface area contributed by atoms with Gasteiger partial charge >= 0.3 is 5.97 Å². The lowest BCUT2D eigenvalue weighted by atomic mass is 10.1. The maximum Gasteiger partial charge on any atom is 0.330 e. The first kappa shape index (κ1) is 18.6. The first-order chi connectivity index (χ1) is 12.7. The number of aromatic nitrogens is 1. The number of carbonyl (C=O) groups excluding carboxylic acids is 1. The van der Waals surface area contributed by atoms with Crippen molar-refractivity contribution in [2.75, 3.05) is 13.2 Å². The molecule has 3 rings (SSSR count). The highest BCUT2D eigenvalue weighted by molar-refractivity contribution is 7.09. The molecule has 5 nitrogen and oxygen atoms in total. The van der Waals surface area contributed by atoms with E-state index in [0.29, 0.717) is 13.2 Å². The molecule has 2 heterocycles. The molecular formula is C20H23NO4S. The maximum atomic E-state index is 11.9. The summed E-state index contributed by atoms with van der Waals surface area (Å²) in [5, 5.41) is 3.02. The molecule has 0 aliphatic carbocycles. The first-order valence-electron chi connectivity index (χ1n) is 8.79. The summed E-state index contributed by atoms with van der Waals surface area (Å²) in [5.41, 5.74) is 1.80. The van der Waals surface area contributed by atoms with E-state index >= 15 is 0 Å². The fourth-order valence-electron chi connectivity index (χ4n) is 2.67. The van der Waals surface area contributed by atoms with Gasteiger partial charge in [-0.3, -0.25) is 0 Å². The van der Waals surface area contributed by atoms with Crippen molar-refractivity contribution in [2.45, 2.75) is 38.9 Å². The summed E-state index contributed by atoms with van der Waals surface area (Å²) in [6, 6.07) is 7.57. The van der Waals surface area contributed by atoms with Gasteiger partial charge in [0.2, 0.25) is 0 Å². The van der Waals surface area contributed by atoms with Gasteiger partial charge in [0.25, 0.3) is 0 Å². The second-order valence-electron chi connectivity index (χ2n) is 6.17. The van der Waals surface area contributed by atoms with E-state index in [2.05, 4.69) is 4.98 Å². The smallest absolute Gasteiger partial charge is 0.330 e. The van der Waals surface area contributed by atoms with Crippen molar-refractivity contribution >= 4 is 23.4 Å². The number of aryl methyl sites for hydroxylation is 1. The minimum atomic E-state index is -0.358. The van der Waals surface area contributed by atoms with Crippen molar-refractivity contribution in [1.29, 1.82) is 0 Å². The number of thiazole rings is 1. The fraction of sp³-hybridized carbons (Fsp3) is 0.400. The highest BCUT2D eigenvalue weighted by Crippen LogP contribution is 2.17. The molecule has 1 aromatic carbocycles. The standard InChI is InChI=1S/C20H23NO4S/c1-15-21-17(14-26-15)12-24-18-7-4-5-16(11-18)8-9-20(22)25-13-19-6-2-3-10-23-19/h4-5,7-9,11,14,19H,2-3,6,10,12-13H2,1H3/b9-8+. The Kier molecular flexibility index (Phi) is 6.80. The molecule has 1 aliphatic rings. The Morgan fingerprint density at radius 3 is 3.12 bits per heavy atom. The van der Waals surface area contributed by atoms with E-state index < -0.39 is 0 Å². The summed E-state index contributed by atoms with van der Waals surface area (Å²) >= 11 is 1.61. The van der Waals surface area contributed by atoms with Crippen LogP contribution in [0.4, 0.5) is 0 Å². The molecule has 2 aromatic rings. The van der Waals surface area contributed by atoms with E-state index in [1.165, 1.54) is 6.08 Å². The Morgan fingerprint density at radius 2 is 2.35 bits per heavy atom. The topological polar surface area (TPSA) is 57.7 Å². The summed E-state index contributed by atoms with van der Waals surface area (Å²) < 4.78 is 16.6. The van der Waals surface area contributed by atoms with Gasteiger partial charge in [0.1, 0.15) is 19.0 Å². The molecule has 1 saturated heterocycles. The zero-order valence-corrected chi connectivity index (χ0v) is 15.7. The van der Waals surface area contributed by atoms with Crippen LogP contribution in [0.3, 0.4) is 0 Å². The average Bonchev–Trinajstić information content (AvgIpc) is 3.09. The van der Waals surface area contributed by atoms with Gasteiger partial charge in [0.05, 0.1) is 16.8 Å². The number of benzene rings is 1. The third kappa shape index (κ3) is 5.97. The number of rotatable bonds is 7. The lowest BCUT2D eigenvalue weighted by molar-refractivity contribution is -0.143. The number of hydrogen-bond acceptors (Lipinski definition) is 6. The van der Waals surface area contributed by atoms with E-state index in [9.17, 15) is 4.79 Å². The van der Waals surface area contributed by atoms with E-state index in [1.807, 2.05) is 36.6 Å². The van der Waals surface area contributed by atoms with Crippen LogP contribution in [-0.2, 0) is 20.9 Å². The van der Waals surface area contributed by atoms with Crippen molar-refractivity contribution in [3.8, 4) is 5.75 Å². The van der Waals surface area contributed by atoms with Gasteiger partial charge in [-0.1, -0.05) is 12.1 Å². The molecule has 6 heteroatoms. The molecule has 138 valence electrons. The lowest BCUT2D eigenvalue weighted by Gasteiger charge is -2.21. The zero-order valence-electron chi connectivity index (χ0n) is 14.8. The summed E-state index contributed by atoms with van der Waals surface area (Å²) in [6.45, 7) is 3.48. The van der Waals surface area contributed by atoms with Crippen LogP contribution in [0.1, 0.15) is 35.5 Å². The van der Waals surface area contributed by atoms with Crippen molar-refractivity contribution in [3.63, 3.8) is 0 Å². The van der Waals surface area contributed by atoms with Gasteiger partial charge in [-0.2, -0.15) is 0 Å². The Hall–Kier alpha value is -2.18. The average molecular weight is 373 g/mol. The molecule has 1 aliphatic heterocycles. The van der Waals surface area contributed by atoms with Gasteiger partial charge in [-0.05, 0) is 50.0 Å². The Morgan fingerprint density at radius 1 is 1.42 bits per heavy atom. The lowest BCUT2D eigenvalue weighted by Crippen LogP contribution is -2.25. The minimum Gasteiger partial charge on any atom is -0.487 e. The first-order valence-corrected chi connectivity index (χ1v) is 9.67. The maximum absolute atomic E-state index is 11.9. The predicted molar refractivity (Wildman–Crippen MR) is 101 cm³/mol. The molecule has 0 bridgehead atoms. The van der Waals surface area contributed by atoms with Crippen molar-refractivity contribution in [1.82, 2.24) is 4.98 Å². The van der Waals surface area contributed by atoms with E-state index in [-0.39, 0.29) is 12.1 Å². The molecule has 0 N–H and O–H groups in total. The summed E-state index contributed by atoms with van der Waals surface area (Å²) in [6.07, 6.45) is 6.37. The van der Waals surface area contributed by atoms with Crippen molar-refractivity contribution < 1.29 is 19.0 Å². The second kappa shape index (κ2) is 9.50. The molecule has 1 atom stereocenters. The van der Waals surface area contributed by atoms with Gasteiger partial charge in [-0.15, -0.1) is 11.3 Å². The third-order valence-electron chi connectivity index (χ3n) is 4.01. The van der Waals surface area contributed by atoms with E-state index in [4.69, 9.17) is 14.2 Å². The fourth-order valence-corrected chi connectivity index (χ4v) is 3.26. The molecule has 1 unspecified atom stereocenters. The highest BCUT2D eigenvalue weighted by Gasteiger charge is 2.15. The molecule has 0 spiro atoms. The van der Waals surface area contributed by atoms with Crippen LogP contribution in [0.25, 0.3) is 6.08 Å². The number of nitrogens with zero attached hydrogens (tertiary/aromatic N) is 1. The van der Waals surface area contributed by atoms with Gasteiger partial charge in [0.15, 0.2) is 0 Å². The van der Waals surface area contributed by atoms with E-state index in [0.717, 1.165) is 47.9 Å². The molecule has 0 saturated carbocycles. The van der Waals surface area contributed by atoms with Gasteiger partial charge < -0.3 is 14.2 Å².